The minimum atomic E-state index is -0.492. The summed E-state index contributed by atoms with van der Waals surface area (Å²) >= 11 is 0. The van der Waals surface area contributed by atoms with Crippen LogP contribution in [-0.2, 0) is 0 Å². The fourth-order valence-corrected chi connectivity index (χ4v) is 2.14. The number of aliphatic hydroxyl groups excluding tert-OH is 2. The van der Waals surface area contributed by atoms with E-state index in [1.54, 1.807) is 0 Å². The molecule has 2 N–H and O–H groups in total. The van der Waals surface area contributed by atoms with Gasteiger partial charge in [0, 0.05) is 0 Å². The molecule has 0 aliphatic rings. The Hall–Kier alpha value is -0.0800. The summed E-state index contributed by atoms with van der Waals surface area (Å²) in [4.78, 5) is 0. The van der Waals surface area contributed by atoms with Gasteiger partial charge >= 0.3 is 0 Å². The fraction of sp³-hybridized carbons (Fsp3) is 1.00. The van der Waals surface area contributed by atoms with Gasteiger partial charge in [0.2, 0.25) is 0 Å². The first-order chi connectivity index (χ1) is 8.31. The summed E-state index contributed by atoms with van der Waals surface area (Å²) in [6.07, 6.45) is 14.9. The lowest BCUT2D eigenvalue weighted by atomic mass is 10.0. The lowest BCUT2D eigenvalue weighted by molar-refractivity contribution is 0.0860. The van der Waals surface area contributed by atoms with Crippen molar-refractivity contribution >= 4 is 0 Å². The van der Waals surface area contributed by atoms with Crippen LogP contribution in [0.4, 0.5) is 0 Å². The maximum atomic E-state index is 9.15. The maximum Gasteiger partial charge on any atom is 0.0770 e. The van der Waals surface area contributed by atoms with E-state index in [2.05, 4.69) is 6.92 Å². The second kappa shape index (κ2) is 14.0. The zero-order chi connectivity index (χ0) is 12.8. The number of unbranched alkanes of at least 4 members (excludes halogenated alkanes) is 10. The Morgan fingerprint density at radius 1 is 0.706 bits per heavy atom. The molecular weight excluding hydrogens is 212 g/mol. The first-order valence-corrected chi connectivity index (χ1v) is 7.60. The molecule has 0 aliphatic carbocycles. The van der Waals surface area contributed by atoms with Gasteiger partial charge in [-0.25, -0.2) is 0 Å². The van der Waals surface area contributed by atoms with Gasteiger partial charge < -0.3 is 10.2 Å². The number of rotatable bonds is 13. The molecule has 0 rings (SSSR count). The average molecular weight is 244 g/mol. The first-order valence-electron chi connectivity index (χ1n) is 7.60. The van der Waals surface area contributed by atoms with Crippen LogP contribution in [0.1, 0.15) is 84.0 Å². The van der Waals surface area contributed by atoms with Crippen molar-refractivity contribution in [3.63, 3.8) is 0 Å². The Morgan fingerprint density at radius 3 is 1.53 bits per heavy atom. The van der Waals surface area contributed by atoms with Crippen molar-refractivity contribution in [2.75, 3.05) is 6.61 Å². The second-order valence-electron chi connectivity index (χ2n) is 5.16. The zero-order valence-corrected chi connectivity index (χ0v) is 11.7. The van der Waals surface area contributed by atoms with Crippen LogP contribution in [-0.4, -0.2) is 22.9 Å². The SMILES string of the molecule is CCCCCCCCCCCCC[C@@H](O)CO. The third-order valence-electron chi connectivity index (χ3n) is 3.35. The van der Waals surface area contributed by atoms with Gasteiger partial charge in [-0.2, -0.15) is 0 Å². The Kier molecular flexibility index (Phi) is 13.9. The largest absolute Gasteiger partial charge is 0.394 e. The highest BCUT2D eigenvalue weighted by molar-refractivity contribution is 4.53. The molecule has 0 aromatic carbocycles. The highest BCUT2D eigenvalue weighted by Gasteiger charge is 2.00. The molecular formula is C15H32O2. The van der Waals surface area contributed by atoms with Crippen molar-refractivity contribution in [2.24, 2.45) is 0 Å². The van der Waals surface area contributed by atoms with Gasteiger partial charge in [-0.05, 0) is 6.42 Å². The smallest absolute Gasteiger partial charge is 0.0770 e. The van der Waals surface area contributed by atoms with E-state index >= 15 is 0 Å². The van der Waals surface area contributed by atoms with Crippen molar-refractivity contribution in [3.05, 3.63) is 0 Å². The third-order valence-corrected chi connectivity index (χ3v) is 3.35. The molecule has 0 bridgehead atoms. The van der Waals surface area contributed by atoms with Crippen molar-refractivity contribution in [1.29, 1.82) is 0 Å². The number of aliphatic hydroxyl groups is 2. The van der Waals surface area contributed by atoms with Gasteiger partial charge in [-0.15, -0.1) is 0 Å². The van der Waals surface area contributed by atoms with Crippen LogP contribution in [0.25, 0.3) is 0 Å². The molecule has 0 saturated carbocycles. The van der Waals surface area contributed by atoms with Crippen molar-refractivity contribution in [3.8, 4) is 0 Å². The van der Waals surface area contributed by atoms with Crippen molar-refractivity contribution in [2.45, 2.75) is 90.1 Å². The van der Waals surface area contributed by atoms with E-state index in [1.165, 1.54) is 64.2 Å². The Bertz CT molecular complexity index is 137. The molecule has 104 valence electrons. The van der Waals surface area contributed by atoms with E-state index in [0.717, 1.165) is 12.8 Å². The summed E-state index contributed by atoms with van der Waals surface area (Å²) in [5.74, 6) is 0. The van der Waals surface area contributed by atoms with Gasteiger partial charge in [-0.3, -0.25) is 0 Å². The molecule has 0 aromatic rings. The monoisotopic (exact) mass is 244 g/mol. The number of hydrogen-bond donors (Lipinski definition) is 2. The first kappa shape index (κ1) is 16.9. The summed E-state index contributed by atoms with van der Waals surface area (Å²) < 4.78 is 0. The summed E-state index contributed by atoms with van der Waals surface area (Å²) in [5.41, 5.74) is 0. The van der Waals surface area contributed by atoms with Crippen LogP contribution < -0.4 is 0 Å². The van der Waals surface area contributed by atoms with E-state index < -0.39 is 6.10 Å². The summed E-state index contributed by atoms with van der Waals surface area (Å²) in [5, 5.41) is 17.8. The lowest BCUT2D eigenvalue weighted by Crippen LogP contribution is -2.10. The zero-order valence-electron chi connectivity index (χ0n) is 11.7. The van der Waals surface area contributed by atoms with E-state index in [9.17, 15) is 0 Å². The lowest BCUT2D eigenvalue weighted by Gasteiger charge is -2.06. The second-order valence-corrected chi connectivity index (χ2v) is 5.16. The molecule has 2 heteroatoms. The van der Waals surface area contributed by atoms with Crippen LogP contribution in [0.3, 0.4) is 0 Å². The van der Waals surface area contributed by atoms with Crippen molar-refractivity contribution in [1.82, 2.24) is 0 Å². The molecule has 0 heterocycles. The van der Waals surface area contributed by atoms with Crippen molar-refractivity contribution < 1.29 is 10.2 Å². The predicted molar refractivity (Wildman–Crippen MR) is 74.2 cm³/mol. The fourth-order valence-electron chi connectivity index (χ4n) is 2.14. The van der Waals surface area contributed by atoms with E-state index in [0.29, 0.717) is 0 Å². The predicted octanol–water partition coefficient (Wildman–Crippen LogP) is 4.04. The van der Waals surface area contributed by atoms with Gasteiger partial charge in [-0.1, -0.05) is 77.6 Å². The highest BCUT2D eigenvalue weighted by atomic mass is 16.3. The Labute approximate surface area is 107 Å². The van der Waals surface area contributed by atoms with Crippen LogP contribution in [0.5, 0.6) is 0 Å². The minimum absolute atomic E-state index is 0.0856. The van der Waals surface area contributed by atoms with Crippen LogP contribution in [0.15, 0.2) is 0 Å². The summed E-state index contributed by atoms with van der Waals surface area (Å²) in [7, 11) is 0. The van der Waals surface area contributed by atoms with E-state index in [1.807, 2.05) is 0 Å². The van der Waals surface area contributed by atoms with Gasteiger partial charge in [0.15, 0.2) is 0 Å². The van der Waals surface area contributed by atoms with Gasteiger partial charge in [0.25, 0.3) is 0 Å². The van der Waals surface area contributed by atoms with Crippen LogP contribution in [0.2, 0.25) is 0 Å². The minimum Gasteiger partial charge on any atom is -0.394 e. The molecule has 0 radical (unpaired) electrons. The standard InChI is InChI=1S/C15H32O2/c1-2-3-4-5-6-7-8-9-10-11-12-13-15(17)14-16/h15-17H,2-14H2,1H3/t15-/m1/s1. The van der Waals surface area contributed by atoms with Crippen LogP contribution in [0, 0.1) is 0 Å². The maximum absolute atomic E-state index is 9.15. The molecule has 1 atom stereocenters. The Balaban J connectivity index is 2.94. The molecule has 0 saturated heterocycles. The summed E-state index contributed by atoms with van der Waals surface area (Å²) in [6, 6.07) is 0. The molecule has 0 fully saturated rings. The van der Waals surface area contributed by atoms with Gasteiger partial charge in [0.05, 0.1) is 12.7 Å². The normalized spacial score (nSPS) is 12.9. The number of hydrogen-bond acceptors (Lipinski definition) is 2. The molecule has 17 heavy (non-hydrogen) atoms. The molecule has 0 aromatic heterocycles. The molecule has 2 nitrogen and oxygen atoms in total. The highest BCUT2D eigenvalue weighted by Crippen LogP contribution is 2.12. The van der Waals surface area contributed by atoms with E-state index in [4.69, 9.17) is 10.2 Å². The molecule has 0 amide bonds. The average Bonchev–Trinajstić information content (AvgIpc) is 2.35. The molecule has 0 spiro atoms. The molecule has 0 aliphatic heterocycles. The van der Waals surface area contributed by atoms with Crippen LogP contribution >= 0.6 is 0 Å². The quantitative estimate of drug-likeness (QED) is 0.480. The topological polar surface area (TPSA) is 40.5 Å². The summed E-state index contributed by atoms with van der Waals surface area (Å²) in [6.45, 7) is 2.17. The Morgan fingerprint density at radius 2 is 1.12 bits per heavy atom. The molecule has 0 unspecified atom stereocenters. The third kappa shape index (κ3) is 13.9. The van der Waals surface area contributed by atoms with Gasteiger partial charge in [0.1, 0.15) is 0 Å². The van der Waals surface area contributed by atoms with E-state index in [-0.39, 0.29) is 6.61 Å².